The van der Waals surface area contributed by atoms with Gasteiger partial charge in [-0.1, -0.05) is 25.2 Å². The molecule has 0 aliphatic heterocycles. The van der Waals surface area contributed by atoms with Crippen LogP contribution in [-0.2, 0) is 4.79 Å². The molecule has 1 atom stereocenters. The van der Waals surface area contributed by atoms with E-state index < -0.39 is 5.97 Å². The summed E-state index contributed by atoms with van der Waals surface area (Å²) in [7, 11) is 0. The highest BCUT2D eigenvalue weighted by atomic mass is 16.4. The van der Waals surface area contributed by atoms with E-state index in [1.807, 2.05) is 0 Å². The minimum Gasteiger partial charge on any atom is -0.478 e. The zero-order valence-corrected chi connectivity index (χ0v) is 8.05. The predicted octanol–water partition coefficient (Wildman–Crippen LogP) is 2.76. The summed E-state index contributed by atoms with van der Waals surface area (Å²) >= 11 is 0. The van der Waals surface area contributed by atoms with Gasteiger partial charge in [-0.05, 0) is 31.1 Å². The molecule has 0 aromatic rings. The van der Waals surface area contributed by atoms with Crippen molar-refractivity contribution in [1.29, 1.82) is 0 Å². The maximum Gasteiger partial charge on any atom is 0.327 e. The molecule has 2 rings (SSSR count). The lowest BCUT2D eigenvalue weighted by Crippen LogP contribution is -2.05. The molecule has 2 bridgehead atoms. The number of aliphatic carboxylic acids is 1. The summed E-state index contributed by atoms with van der Waals surface area (Å²) in [5.74, 6) is -0.981. The van der Waals surface area contributed by atoms with Crippen molar-refractivity contribution in [1.82, 2.24) is 0 Å². The molecule has 2 aliphatic carbocycles. The molecule has 1 N–H and O–H groups in total. The van der Waals surface area contributed by atoms with Crippen molar-refractivity contribution in [2.24, 2.45) is 5.41 Å². The first kappa shape index (κ1) is 10.0. The van der Waals surface area contributed by atoms with Crippen molar-refractivity contribution in [3.05, 3.63) is 24.3 Å². The molecular weight excluding hydrogens is 164 g/mol. The number of allylic oxidation sites excluding steroid dienone is 2. The molecule has 0 radical (unpaired) electrons. The zero-order chi connectivity index (χ0) is 9.90. The molecule has 0 saturated heterocycles. The van der Waals surface area contributed by atoms with Crippen LogP contribution in [0.5, 0.6) is 0 Å². The monoisotopic (exact) mass is 180 g/mol. The van der Waals surface area contributed by atoms with Crippen molar-refractivity contribution in [2.75, 3.05) is 0 Å². The summed E-state index contributed by atoms with van der Waals surface area (Å²) in [6, 6.07) is 0. The van der Waals surface area contributed by atoms with Gasteiger partial charge in [0.25, 0.3) is 0 Å². The SMILES string of the molecule is C=CC(=O)O.CC12CC=C(CC1)C2. The molecule has 2 heteroatoms. The van der Waals surface area contributed by atoms with Crippen LogP contribution in [0.1, 0.15) is 32.6 Å². The molecule has 1 saturated carbocycles. The van der Waals surface area contributed by atoms with E-state index >= 15 is 0 Å². The average Bonchev–Trinajstić information content (AvgIpc) is 2.62. The second kappa shape index (κ2) is 3.77. The number of carboxylic acid groups (broad SMARTS) is 1. The number of rotatable bonds is 1. The van der Waals surface area contributed by atoms with E-state index in [2.05, 4.69) is 19.6 Å². The first-order chi connectivity index (χ1) is 6.06. The van der Waals surface area contributed by atoms with Gasteiger partial charge in [-0.3, -0.25) is 0 Å². The van der Waals surface area contributed by atoms with E-state index in [9.17, 15) is 4.79 Å². The Morgan fingerprint density at radius 1 is 1.77 bits per heavy atom. The molecular formula is C11H16O2. The van der Waals surface area contributed by atoms with Crippen LogP contribution in [0.2, 0.25) is 0 Å². The Hall–Kier alpha value is -1.05. The van der Waals surface area contributed by atoms with Crippen LogP contribution >= 0.6 is 0 Å². The van der Waals surface area contributed by atoms with Gasteiger partial charge < -0.3 is 5.11 Å². The Bertz CT molecular complexity index is 253. The molecule has 0 aromatic heterocycles. The van der Waals surface area contributed by atoms with Gasteiger partial charge in [-0.2, -0.15) is 0 Å². The van der Waals surface area contributed by atoms with Crippen molar-refractivity contribution in [2.45, 2.75) is 32.6 Å². The number of carbonyl (C=O) groups is 1. The van der Waals surface area contributed by atoms with E-state index in [0.717, 1.165) is 11.5 Å². The molecule has 1 unspecified atom stereocenters. The topological polar surface area (TPSA) is 37.3 Å². The molecule has 0 heterocycles. The van der Waals surface area contributed by atoms with E-state index in [1.165, 1.54) is 25.7 Å². The lowest BCUT2D eigenvalue weighted by Gasteiger charge is -2.17. The highest BCUT2D eigenvalue weighted by molar-refractivity contribution is 5.78. The van der Waals surface area contributed by atoms with Gasteiger partial charge in [0, 0.05) is 6.08 Å². The van der Waals surface area contributed by atoms with Gasteiger partial charge in [0.15, 0.2) is 0 Å². The largest absolute Gasteiger partial charge is 0.478 e. The molecule has 2 aliphatic rings. The molecule has 72 valence electrons. The first-order valence-corrected chi connectivity index (χ1v) is 4.59. The van der Waals surface area contributed by atoms with Crippen LogP contribution in [0.3, 0.4) is 0 Å². The molecule has 0 aromatic carbocycles. The first-order valence-electron chi connectivity index (χ1n) is 4.59. The van der Waals surface area contributed by atoms with E-state index in [1.54, 1.807) is 5.57 Å². The Morgan fingerprint density at radius 3 is 2.46 bits per heavy atom. The number of carboxylic acids is 1. The summed E-state index contributed by atoms with van der Waals surface area (Å²) in [6.07, 6.45) is 8.90. The fourth-order valence-corrected chi connectivity index (χ4v) is 1.93. The number of hydrogen-bond acceptors (Lipinski definition) is 1. The normalized spacial score (nSPS) is 28.8. The third-order valence-corrected chi connectivity index (χ3v) is 2.76. The van der Waals surface area contributed by atoms with Crippen LogP contribution in [-0.4, -0.2) is 11.1 Å². The zero-order valence-electron chi connectivity index (χ0n) is 8.05. The standard InChI is InChI=1S/C8H12.C3H4O2/c1-8-4-2-7(6-8)3-5-8;1-2-3(4)5/h2H,3-6H2,1H3;2H,1H2,(H,4,5). The van der Waals surface area contributed by atoms with Crippen molar-refractivity contribution in [3.63, 3.8) is 0 Å². The maximum atomic E-state index is 9.25. The molecule has 13 heavy (non-hydrogen) atoms. The van der Waals surface area contributed by atoms with Crippen molar-refractivity contribution < 1.29 is 9.90 Å². The van der Waals surface area contributed by atoms with Crippen LogP contribution in [0.15, 0.2) is 24.3 Å². The molecule has 2 nitrogen and oxygen atoms in total. The number of hydrogen-bond donors (Lipinski definition) is 1. The van der Waals surface area contributed by atoms with Crippen LogP contribution in [0.25, 0.3) is 0 Å². The second-order valence-electron chi connectivity index (χ2n) is 4.10. The Kier molecular flexibility index (Phi) is 2.91. The minimum absolute atomic E-state index is 0.718. The molecule has 0 spiro atoms. The van der Waals surface area contributed by atoms with Crippen molar-refractivity contribution in [3.8, 4) is 0 Å². The Labute approximate surface area is 79.0 Å². The van der Waals surface area contributed by atoms with Gasteiger partial charge in [0.1, 0.15) is 0 Å². The van der Waals surface area contributed by atoms with Gasteiger partial charge in [0.2, 0.25) is 0 Å². The van der Waals surface area contributed by atoms with Gasteiger partial charge in [-0.25, -0.2) is 4.79 Å². The summed E-state index contributed by atoms with van der Waals surface area (Å²) in [6.45, 7) is 5.37. The van der Waals surface area contributed by atoms with Gasteiger partial charge >= 0.3 is 5.97 Å². The molecule has 0 amide bonds. The summed E-state index contributed by atoms with van der Waals surface area (Å²) in [5, 5.41) is 7.60. The summed E-state index contributed by atoms with van der Waals surface area (Å²) in [5.41, 5.74) is 2.45. The highest BCUT2D eigenvalue weighted by Gasteiger charge is 2.34. The predicted molar refractivity (Wildman–Crippen MR) is 52.5 cm³/mol. The Balaban J connectivity index is 0.000000149. The van der Waals surface area contributed by atoms with Crippen LogP contribution in [0, 0.1) is 5.41 Å². The lowest BCUT2D eigenvalue weighted by molar-refractivity contribution is -0.131. The third kappa shape index (κ3) is 2.72. The Morgan fingerprint density at radius 2 is 2.38 bits per heavy atom. The minimum atomic E-state index is -0.981. The number of fused-ring (bicyclic) bond motifs is 2. The van der Waals surface area contributed by atoms with E-state index in [-0.39, 0.29) is 0 Å². The van der Waals surface area contributed by atoms with Gasteiger partial charge in [-0.15, -0.1) is 0 Å². The van der Waals surface area contributed by atoms with Crippen LogP contribution < -0.4 is 0 Å². The fourth-order valence-electron chi connectivity index (χ4n) is 1.93. The molecule has 1 fully saturated rings. The van der Waals surface area contributed by atoms with E-state index in [4.69, 9.17) is 5.11 Å². The van der Waals surface area contributed by atoms with Crippen LogP contribution in [0.4, 0.5) is 0 Å². The second-order valence-corrected chi connectivity index (χ2v) is 4.10. The summed E-state index contributed by atoms with van der Waals surface area (Å²) < 4.78 is 0. The highest BCUT2D eigenvalue weighted by Crippen LogP contribution is 2.49. The lowest BCUT2D eigenvalue weighted by atomic mass is 9.88. The summed E-state index contributed by atoms with van der Waals surface area (Å²) in [4.78, 5) is 9.25. The van der Waals surface area contributed by atoms with E-state index in [0.29, 0.717) is 0 Å². The maximum absolute atomic E-state index is 9.25. The smallest absolute Gasteiger partial charge is 0.327 e. The van der Waals surface area contributed by atoms with Gasteiger partial charge in [0.05, 0.1) is 0 Å². The average molecular weight is 180 g/mol. The third-order valence-electron chi connectivity index (χ3n) is 2.76. The quantitative estimate of drug-likeness (QED) is 0.497. The van der Waals surface area contributed by atoms with Crippen molar-refractivity contribution >= 4 is 5.97 Å². The fraction of sp³-hybridized carbons (Fsp3) is 0.545.